The van der Waals surface area contributed by atoms with Crippen LogP contribution in [0.3, 0.4) is 0 Å². The van der Waals surface area contributed by atoms with Gasteiger partial charge in [0.05, 0.1) is 6.61 Å². The van der Waals surface area contributed by atoms with Crippen LogP contribution in [0.2, 0.25) is 0 Å². The first-order valence-electron chi connectivity index (χ1n) is 11.1. The molecule has 0 atom stereocenters. The summed E-state index contributed by atoms with van der Waals surface area (Å²) >= 11 is 0. The van der Waals surface area contributed by atoms with Crippen molar-refractivity contribution in [2.24, 2.45) is 11.8 Å². The molecular formula is C25H25F4NO3. The molecule has 4 nitrogen and oxygen atoms in total. The summed E-state index contributed by atoms with van der Waals surface area (Å²) in [4.78, 5) is 12.2. The van der Waals surface area contributed by atoms with Crippen LogP contribution in [-0.4, -0.2) is 12.6 Å². The quantitative estimate of drug-likeness (QED) is 0.248. The fourth-order valence-electron chi connectivity index (χ4n) is 4.10. The van der Waals surface area contributed by atoms with Crippen molar-refractivity contribution >= 4 is 5.97 Å². The second-order valence-corrected chi connectivity index (χ2v) is 8.37. The number of unbranched alkanes of at least 4 members (excludes halogenated alkanes) is 1. The van der Waals surface area contributed by atoms with Crippen molar-refractivity contribution in [3.8, 4) is 17.6 Å². The Morgan fingerprint density at radius 2 is 1.48 bits per heavy atom. The normalized spacial score (nSPS) is 17.9. The minimum Gasteiger partial charge on any atom is -0.493 e. The number of ether oxygens (including phenoxy) is 2. The number of halogens is 4. The van der Waals surface area contributed by atoms with E-state index in [1.165, 1.54) is 25.3 Å². The van der Waals surface area contributed by atoms with E-state index < -0.39 is 46.1 Å². The molecule has 0 radical (unpaired) electrons. The van der Waals surface area contributed by atoms with Crippen LogP contribution in [0.5, 0.6) is 11.5 Å². The molecule has 0 aliphatic heterocycles. The lowest BCUT2D eigenvalue weighted by Crippen LogP contribution is -2.20. The molecule has 8 heteroatoms. The van der Waals surface area contributed by atoms with E-state index in [0.717, 1.165) is 43.7 Å². The average molecular weight is 463 g/mol. The van der Waals surface area contributed by atoms with E-state index in [2.05, 4.69) is 6.92 Å². The first-order valence-corrected chi connectivity index (χ1v) is 11.1. The Labute approximate surface area is 190 Å². The molecule has 176 valence electrons. The van der Waals surface area contributed by atoms with Crippen LogP contribution in [-0.2, 0) is 0 Å². The van der Waals surface area contributed by atoms with Crippen molar-refractivity contribution in [2.45, 2.75) is 51.9 Å². The highest BCUT2D eigenvalue weighted by Crippen LogP contribution is 2.32. The molecule has 1 aliphatic carbocycles. The second kappa shape index (κ2) is 11.2. The number of nitrogens with zero attached hydrogens (tertiary/aromatic N) is 1. The van der Waals surface area contributed by atoms with Crippen molar-refractivity contribution in [3.05, 3.63) is 58.7 Å². The monoisotopic (exact) mass is 463 g/mol. The van der Waals surface area contributed by atoms with Crippen LogP contribution in [0.1, 0.15) is 67.8 Å². The predicted molar refractivity (Wildman–Crippen MR) is 113 cm³/mol. The van der Waals surface area contributed by atoms with E-state index >= 15 is 0 Å². The Bertz CT molecular complexity index is 996. The summed E-state index contributed by atoms with van der Waals surface area (Å²) in [6.45, 7) is 2.50. The SMILES string of the molecule is CCCC[C@H]1CC[C@H](COc2cc(F)c(C(=O)Oc3cc(F)c(C#N)c(F)c3)c(F)c2)CC1. The molecule has 0 saturated heterocycles. The predicted octanol–water partition coefficient (Wildman–Crippen LogP) is 6.71. The highest BCUT2D eigenvalue weighted by molar-refractivity contribution is 5.91. The number of benzene rings is 2. The largest absolute Gasteiger partial charge is 0.493 e. The van der Waals surface area contributed by atoms with E-state index in [0.29, 0.717) is 24.7 Å². The molecule has 2 aromatic carbocycles. The maximum absolute atomic E-state index is 14.5. The zero-order chi connectivity index (χ0) is 24.0. The molecule has 0 bridgehead atoms. The zero-order valence-electron chi connectivity index (χ0n) is 18.3. The zero-order valence-corrected chi connectivity index (χ0v) is 18.3. The van der Waals surface area contributed by atoms with Crippen LogP contribution in [0.4, 0.5) is 17.6 Å². The highest BCUT2D eigenvalue weighted by Gasteiger charge is 2.24. The lowest BCUT2D eigenvalue weighted by atomic mass is 9.80. The summed E-state index contributed by atoms with van der Waals surface area (Å²) in [5, 5.41) is 8.67. The van der Waals surface area contributed by atoms with Crippen LogP contribution in [0, 0.1) is 46.4 Å². The minimum atomic E-state index is -1.47. The second-order valence-electron chi connectivity index (χ2n) is 8.37. The van der Waals surface area contributed by atoms with Crippen molar-refractivity contribution < 1.29 is 31.8 Å². The number of carbonyl (C=O) groups excluding carboxylic acids is 1. The van der Waals surface area contributed by atoms with E-state index in [1.807, 2.05) is 0 Å². The number of rotatable bonds is 8. The van der Waals surface area contributed by atoms with Gasteiger partial charge in [0.15, 0.2) is 0 Å². The topological polar surface area (TPSA) is 59.3 Å². The van der Waals surface area contributed by atoms with Gasteiger partial charge in [0, 0.05) is 24.3 Å². The Hall–Kier alpha value is -3.08. The smallest absolute Gasteiger partial charge is 0.349 e. The summed E-state index contributed by atoms with van der Waals surface area (Å²) in [6, 6.07) is 4.26. The molecule has 1 saturated carbocycles. The Balaban J connectivity index is 1.61. The molecule has 0 heterocycles. The fourth-order valence-corrected chi connectivity index (χ4v) is 4.10. The number of hydrogen-bond acceptors (Lipinski definition) is 4. The number of carbonyl (C=O) groups is 1. The maximum atomic E-state index is 14.5. The summed E-state index contributed by atoms with van der Waals surface area (Å²) in [6.07, 6.45) is 7.90. The Kier molecular flexibility index (Phi) is 8.32. The molecule has 1 aliphatic rings. The molecule has 0 N–H and O–H groups in total. The van der Waals surface area contributed by atoms with Gasteiger partial charge in [-0.15, -0.1) is 0 Å². The molecule has 0 spiro atoms. The standard InChI is InChI=1S/C25H25F4NO3/c1-2-3-4-15-5-7-16(8-6-15)14-32-17-9-22(28)24(23(29)10-17)25(31)33-18-11-20(26)19(13-30)21(27)12-18/h9-12,15-16H,2-8,14H2,1H3/t15-,16-. The van der Waals surface area contributed by atoms with Gasteiger partial charge in [-0.25, -0.2) is 22.4 Å². The van der Waals surface area contributed by atoms with Crippen LogP contribution >= 0.6 is 0 Å². The average Bonchev–Trinajstić information content (AvgIpc) is 2.76. The Morgan fingerprint density at radius 1 is 0.939 bits per heavy atom. The molecule has 1 fully saturated rings. The first kappa shape index (κ1) is 24.6. The van der Waals surface area contributed by atoms with Gasteiger partial charge in [0.2, 0.25) is 0 Å². The summed E-state index contributed by atoms with van der Waals surface area (Å²) in [5.74, 6) is -6.05. The number of nitriles is 1. The molecule has 0 unspecified atom stereocenters. The fraction of sp³-hybridized carbons (Fsp3) is 0.440. The molecule has 0 aromatic heterocycles. The van der Waals surface area contributed by atoms with Gasteiger partial charge >= 0.3 is 5.97 Å². The molecule has 0 amide bonds. The Morgan fingerprint density at radius 3 is 2.03 bits per heavy atom. The van der Waals surface area contributed by atoms with Gasteiger partial charge < -0.3 is 9.47 Å². The van der Waals surface area contributed by atoms with Gasteiger partial charge in [-0.2, -0.15) is 5.26 Å². The first-order chi connectivity index (χ1) is 15.8. The van der Waals surface area contributed by atoms with E-state index in [1.54, 1.807) is 0 Å². The van der Waals surface area contributed by atoms with Crippen molar-refractivity contribution in [1.82, 2.24) is 0 Å². The van der Waals surface area contributed by atoms with Crippen LogP contribution in [0.15, 0.2) is 24.3 Å². The van der Waals surface area contributed by atoms with E-state index in [9.17, 15) is 22.4 Å². The van der Waals surface area contributed by atoms with Gasteiger partial charge in [0.1, 0.15) is 52.0 Å². The molecular weight excluding hydrogens is 438 g/mol. The third-order valence-corrected chi connectivity index (χ3v) is 5.98. The lowest BCUT2D eigenvalue weighted by molar-refractivity contribution is 0.0723. The third-order valence-electron chi connectivity index (χ3n) is 5.98. The summed E-state index contributed by atoms with van der Waals surface area (Å²) < 4.78 is 66.6. The van der Waals surface area contributed by atoms with Gasteiger partial charge in [-0.1, -0.05) is 39.0 Å². The van der Waals surface area contributed by atoms with Crippen molar-refractivity contribution in [1.29, 1.82) is 5.26 Å². The van der Waals surface area contributed by atoms with Crippen molar-refractivity contribution in [3.63, 3.8) is 0 Å². The van der Waals surface area contributed by atoms with Crippen LogP contribution < -0.4 is 9.47 Å². The third kappa shape index (κ3) is 6.25. The number of esters is 1. The molecule has 33 heavy (non-hydrogen) atoms. The van der Waals surface area contributed by atoms with Gasteiger partial charge in [-0.3, -0.25) is 0 Å². The molecule has 2 aromatic rings. The van der Waals surface area contributed by atoms with Gasteiger partial charge in [-0.05, 0) is 24.7 Å². The van der Waals surface area contributed by atoms with Crippen LogP contribution in [0.25, 0.3) is 0 Å². The highest BCUT2D eigenvalue weighted by atomic mass is 19.1. The molecule has 3 rings (SSSR count). The van der Waals surface area contributed by atoms with Crippen molar-refractivity contribution in [2.75, 3.05) is 6.61 Å². The minimum absolute atomic E-state index is 0.0508. The van der Waals surface area contributed by atoms with Gasteiger partial charge in [0.25, 0.3) is 0 Å². The lowest BCUT2D eigenvalue weighted by Gasteiger charge is -2.28. The van der Waals surface area contributed by atoms with E-state index in [4.69, 9.17) is 14.7 Å². The maximum Gasteiger partial charge on any atom is 0.349 e. The van der Waals surface area contributed by atoms with E-state index in [-0.39, 0.29) is 5.75 Å². The number of hydrogen-bond donors (Lipinski definition) is 0. The summed E-state index contributed by atoms with van der Waals surface area (Å²) in [5.41, 5.74) is -1.87. The summed E-state index contributed by atoms with van der Waals surface area (Å²) in [7, 11) is 0.